The lowest BCUT2D eigenvalue weighted by molar-refractivity contribution is -0.115. The van der Waals surface area contributed by atoms with Crippen molar-refractivity contribution < 1.29 is 9.59 Å². The van der Waals surface area contributed by atoms with Gasteiger partial charge in [-0.1, -0.05) is 18.2 Å². The van der Waals surface area contributed by atoms with Gasteiger partial charge in [0.2, 0.25) is 5.91 Å². The topological polar surface area (TPSA) is 77.6 Å². The number of nitrogens with one attached hydrogen (secondary N) is 2. The highest BCUT2D eigenvalue weighted by Gasteiger charge is 2.20. The minimum atomic E-state index is -0.135. The molecule has 27 heavy (non-hydrogen) atoms. The smallest absolute Gasteiger partial charge is 0.323 e. The van der Waals surface area contributed by atoms with Crippen LogP contribution in [0.2, 0.25) is 0 Å². The van der Waals surface area contributed by atoms with Crippen LogP contribution in [0.1, 0.15) is 16.8 Å². The van der Waals surface area contributed by atoms with Crippen molar-refractivity contribution in [2.75, 3.05) is 43.9 Å². The summed E-state index contributed by atoms with van der Waals surface area (Å²) in [5, 5.41) is 8.12. The largest absolute Gasteiger partial charge is 0.325 e. The zero-order valence-corrected chi connectivity index (χ0v) is 16.7. The van der Waals surface area contributed by atoms with E-state index in [1.807, 2.05) is 44.5 Å². The van der Waals surface area contributed by atoms with Crippen LogP contribution in [0.15, 0.2) is 23.6 Å². The quantitative estimate of drug-likeness (QED) is 0.846. The van der Waals surface area contributed by atoms with Crippen LogP contribution in [0.4, 0.5) is 15.6 Å². The Balaban J connectivity index is 1.54. The Hall–Kier alpha value is -2.45. The van der Waals surface area contributed by atoms with Crippen LogP contribution in [-0.2, 0) is 11.2 Å². The predicted molar refractivity (Wildman–Crippen MR) is 108 cm³/mol. The van der Waals surface area contributed by atoms with E-state index >= 15 is 0 Å². The summed E-state index contributed by atoms with van der Waals surface area (Å²) < 4.78 is 0. The van der Waals surface area contributed by atoms with Crippen molar-refractivity contribution in [3.05, 3.63) is 40.4 Å². The molecule has 1 aliphatic rings. The van der Waals surface area contributed by atoms with Crippen LogP contribution in [0.5, 0.6) is 0 Å². The van der Waals surface area contributed by atoms with E-state index in [9.17, 15) is 9.59 Å². The van der Waals surface area contributed by atoms with Crippen LogP contribution in [-0.4, -0.2) is 59.9 Å². The summed E-state index contributed by atoms with van der Waals surface area (Å²) in [4.78, 5) is 33.0. The number of carbonyl (C=O) groups excluding carboxylic acids is 2. The minimum Gasteiger partial charge on any atom is -0.325 e. The number of amides is 3. The second kappa shape index (κ2) is 8.49. The number of urea groups is 1. The number of aryl methyl sites for hydroxylation is 2. The Morgan fingerprint density at radius 2 is 1.78 bits per heavy atom. The Morgan fingerprint density at radius 1 is 1.11 bits per heavy atom. The first-order chi connectivity index (χ1) is 12.9. The number of piperazine rings is 1. The third kappa shape index (κ3) is 5.05. The van der Waals surface area contributed by atoms with Gasteiger partial charge in [-0.05, 0) is 32.0 Å². The maximum atomic E-state index is 12.3. The van der Waals surface area contributed by atoms with E-state index in [-0.39, 0.29) is 18.4 Å². The number of aromatic nitrogens is 1. The van der Waals surface area contributed by atoms with Crippen LogP contribution >= 0.6 is 11.3 Å². The fourth-order valence-electron chi connectivity index (χ4n) is 2.99. The summed E-state index contributed by atoms with van der Waals surface area (Å²) in [7, 11) is 2.05. The number of hydrogen-bond acceptors (Lipinski definition) is 5. The van der Waals surface area contributed by atoms with Crippen molar-refractivity contribution in [2.45, 2.75) is 20.3 Å². The average molecular weight is 388 g/mol. The monoisotopic (exact) mass is 387 g/mol. The fraction of sp³-hybridized carbons (Fsp3) is 0.421. The standard InChI is InChI=1S/C19H25N5O2S/c1-13-5-4-6-14(2)17(13)21-16(25)11-15-12-27-18(20-15)22-19(26)24-9-7-23(3)8-10-24/h4-6,12H,7-11H2,1-3H3,(H,21,25)(H,20,22,26). The van der Waals surface area contributed by atoms with Crippen molar-refractivity contribution in [3.8, 4) is 0 Å². The second-order valence-electron chi connectivity index (χ2n) is 6.86. The van der Waals surface area contributed by atoms with Gasteiger partial charge >= 0.3 is 6.03 Å². The maximum absolute atomic E-state index is 12.3. The molecule has 0 radical (unpaired) electrons. The van der Waals surface area contributed by atoms with Gasteiger partial charge in [0.15, 0.2) is 5.13 Å². The van der Waals surface area contributed by atoms with Gasteiger partial charge in [-0.15, -0.1) is 11.3 Å². The molecule has 144 valence electrons. The summed E-state index contributed by atoms with van der Waals surface area (Å²) >= 11 is 1.34. The zero-order chi connectivity index (χ0) is 19.4. The van der Waals surface area contributed by atoms with Crippen molar-refractivity contribution in [2.24, 2.45) is 0 Å². The van der Waals surface area contributed by atoms with Gasteiger partial charge in [0.05, 0.1) is 12.1 Å². The number of nitrogens with zero attached hydrogens (tertiary/aromatic N) is 3. The third-order valence-corrected chi connectivity index (χ3v) is 5.45. The van der Waals surface area contributed by atoms with E-state index in [0.29, 0.717) is 23.9 Å². The lowest BCUT2D eigenvalue weighted by atomic mass is 10.1. The van der Waals surface area contributed by atoms with Crippen LogP contribution in [0.3, 0.4) is 0 Å². The van der Waals surface area contributed by atoms with E-state index in [0.717, 1.165) is 29.9 Å². The lowest BCUT2D eigenvalue weighted by Crippen LogP contribution is -2.48. The number of para-hydroxylation sites is 1. The van der Waals surface area contributed by atoms with E-state index < -0.39 is 0 Å². The highest BCUT2D eigenvalue weighted by molar-refractivity contribution is 7.13. The molecule has 0 saturated carbocycles. The number of thiazole rings is 1. The molecule has 1 aromatic carbocycles. The molecule has 1 aromatic heterocycles. The first-order valence-electron chi connectivity index (χ1n) is 8.97. The van der Waals surface area contributed by atoms with Gasteiger partial charge in [-0.25, -0.2) is 9.78 Å². The van der Waals surface area contributed by atoms with Gasteiger partial charge in [0.1, 0.15) is 0 Å². The average Bonchev–Trinajstić information content (AvgIpc) is 3.05. The highest BCUT2D eigenvalue weighted by Crippen LogP contribution is 2.21. The summed E-state index contributed by atoms with van der Waals surface area (Å²) in [6.07, 6.45) is 0.175. The lowest BCUT2D eigenvalue weighted by Gasteiger charge is -2.32. The molecule has 0 bridgehead atoms. The number of carbonyl (C=O) groups is 2. The summed E-state index contributed by atoms with van der Waals surface area (Å²) in [6.45, 7) is 7.09. The zero-order valence-electron chi connectivity index (χ0n) is 15.9. The van der Waals surface area contributed by atoms with Gasteiger partial charge in [0.25, 0.3) is 0 Å². The molecule has 8 heteroatoms. The van der Waals surface area contributed by atoms with Gasteiger partial charge in [-0.2, -0.15) is 0 Å². The number of rotatable bonds is 4. The van der Waals surface area contributed by atoms with E-state index in [4.69, 9.17) is 0 Å². The molecule has 0 unspecified atom stereocenters. The number of likely N-dealkylation sites (N-methyl/N-ethyl adjacent to an activating group) is 1. The van der Waals surface area contributed by atoms with Gasteiger partial charge in [-0.3, -0.25) is 10.1 Å². The summed E-state index contributed by atoms with van der Waals surface area (Å²) in [5.74, 6) is -0.116. The first-order valence-corrected chi connectivity index (χ1v) is 9.85. The Morgan fingerprint density at radius 3 is 2.44 bits per heavy atom. The Bertz CT molecular complexity index is 807. The molecule has 1 aliphatic heterocycles. The van der Waals surface area contributed by atoms with E-state index in [1.165, 1.54) is 11.3 Å². The number of hydrogen-bond donors (Lipinski definition) is 2. The van der Waals surface area contributed by atoms with Gasteiger partial charge < -0.3 is 15.1 Å². The Kier molecular flexibility index (Phi) is 6.08. The minimum absolute atomic E-state index is 0.116. The van der Waals surface area contributed by atoms with Crippen LogP contribution in [0.25, 0.3) is 0 Å². The van der Waals surface area contributed by atoms with Crippen molar-refractivity contribution in [3.63, 3.8) is 0 Å². The molecular formula is C19H25N5O2S. The molecule has 2 aromatic rings. The highest BCUT2D eigenvalue weighted by atomic mass is 32.1. The molecule has 3 amide bonds. The normalized spacial score (nSPS) is 14.9. The molecule has 2 N–H and O–H groups in total. The molecule has 3 rings (SSSR count). The Labute approximate surface area is 163 Å². The van der Waals surface area contributed by atoms with E-state index in [1.54, 1.807) is 4.90 Å². The molecular weight excluding hydrogens is 362 g/mol. The molecule has 2 heterocycles. The van der Waals surface area contributed by atoms with Crippen LogP contribution < -0.4 is 10.6 Å². The fourth-order valence-corrected chi connectivity index (χ4v) is 3.69. The summed E-state index contributed by atoms with van der Waals surface area (Å²) in [5.41, 5.74) is 3.56. The molecule has 1 saturated heterocycles. The number of anilines is 2. The molecule has 0 atom stereocenters. The second-order valence-corrected chi connectivity index (χ2v) is 7.71. The van der Waals surface area contributed by atoms with Crippen molar-refractivity contribution in [1.82, 2.24) is 14.8 Å². The summed E-state index contributed by atoms with van der Waals surface area (Å²) in [6, 6.07) is 5.77. The maximum Gasteiger partial charge on any atom is 0.323 e. The van der Waals surface area contributed by atoms with Crippen LogP contribution in [0, 0.1) is 13.8 Å². The van der Waals surface area contributed by atoms with Crippen molar-refractivity contribution in [1.29, 1.82) is 0 Å². The van der Waals surface area contributed by atoms with Gasteiger partial charge in [0, 0.05) is 37.2 Å². The molecule has 0 aliphatic carbocycles. The molecule has 0 spiro atoms. The van der Waals surface area contributed by atoms with Crippen molar-refractivity contribution >= 4 is 34.1 Å². The third-order valence-electron chi connectivity index (χ3n) is 4.64. The number of benzene rings is 1. The molecule has 1 fully saturated rings. The first kappa shape index (κ1) is 19.3. The van der Waals surface area contributed by atoms with E-state index in [2.05, 4.69) is 20.5 Å². The molecule has 7 nitrogen and oxygen atoms in total. The SMILES string of the molecule is Cc1cccc(C)c1NC(=O)Cc1csc(NC(=O)N2CCN(C)CC2)n1. The predicted octanol–water partition coefficient (Wildman–Crippen LogP) is 2.72.